The Morgan fingerprint density at radius 1 is 1.03 bits per heavy atom. The molecule has 1 aliphatic rings. The van der Waals surface area contributed by atoms with Crippen molar-refractivity contribution in [2.24, 2.45) is 0 Å². The highest BCUT2D eigenvalue weighted by Crippen LogP contribution is 2.39. The van der Waals surface area contributed by atoms with Gasteiger partial charge in [0.05, 0.1) is 30.4 Å². The van der Waals surface area contributed by atoms with E-state index in [9.17, 15) is 22.4 Å². The minimum absolute atomic E-state index is 0.0977. The first-order valence-electron chi connectivity index (χ1n) is 10.3. The Morgan fingerprint density at radius 3 is 2.38 bits per heavy atom. The molecule has 1 amide bonds. The Bertz CT molecular complexity index is 1200. The third kappa shape index (κ3) is 5.02. The van der Waals surface area contributed by atoms with Crippen LogP contribution in [0.1, 0.15) is 28.3 Å². The van der Waals surface area contributed by atoms with Gasteiger partial charge in [-0.1, -0.05) is 24.3 Å². The number of nitriles is 1. The summed E-state index contributed by atoms with van der Waals surface area (Å²) < 4.78 is 64.3. The highest BCUT2D eigenvalue weighted by molar-refractivity contribution is 5.91. The average Bonchev–Trinajstić information content (AvgIpc) is 3.15. The number of benzene rings is 3. The summed E-state index contributed by atoms with van der Waals surface area (Å²) in [6.45, 7) is -0.00266. The van der Waals surface area contributed by atoms with Crippen molar-refractivity contribution in [1.82, 2.24) is 0 Å². The van der Waals surface area contributed by atoms with Crippen molar-refractivity contribution in [1.29, 1.82) is 5.26 Å². The van der Waals surface area contributed by atoms with E-state index in [2.05, 4.69) is 0 Å². The zero-order valence-electron chi connectivity index (χ0n) is 17.6. The zero-order valence-corrected chi connectivity index (χ0v) is 17.6. The fourth-order valence-corrected chi connectivity index (χ4v) is 3.75. The molecule has 174 valence electrons. The molecule has 1 aliphatic heterocycles. The van der Waals surface area contributed by atoms with Crippen LogP contribution in [0.2, 0.25) is 0 Å². The number of halogens is 4. The van der Waals surface area contributed by atoms with Crippen molar-refractivity contribution in [2.45, 2.75) is 24.9 Å². The quantitative estimate of drug-likeness (QED) is 0.415. The third-order valence-electron chi connectivity index (χ3n) is 5.37. The van der Waals surface area contributed by atoms with Gasteiger partial charge in [-0.15, -0.1) is 0 Å². The first-order chi connectivity index (χ1) is 16.3. The maximum Gasteiger partial charge on any atom is 0.416 e. The molecular formula is C25H18F4N2O3. The second-order valence-corrected chi connectivity index (χ2v) is 7.66. The van der Waals surface area contributed by atoms with Gasteiger partial charge in [-0.05, 0) is 59.7 Å². The molecule has 0 spiro atoms. The molecule has 0 N–H and O–H groups in total. The van der Waals surface area contributed by atoms with Gasteiger partial charge in [0.2, 0.25) is 0 Å². The fourth-order valence-electron chi connectivity index (χ4n) is 3.75. The molecule has 9 heteroatoms. The molecule has 5 nitrogen and oxygen atoms in total. The Morgan fingerprint density at radius 2 is 1.74 bits per heavy atom. The summed E-state index contributed by atoms with van der Waals surface area (Å²) in [6.07, 6.45) is -6.22. The van der Waals surface area contributed by atoms with Crippen molar-refractivity contribution in [3.05, 3.63) is 101 Å². The van der Waals surface area contributed by atoms with E-state index in [4.69, 9.17) is 14.7 Å². The van der Waals surface area contributed by atoms with E-state index >= 15 is 0 Å². The number of carbonyl (C=O) groups is 1. The van der Waals surface area contributed by atoms with Crippen LogP contribution >= 0.6 is 0 Å². The molecule has 0 unspecified atom stereocenters. The molecule has 4 rings (SSSR count). The molecule has 0 radical (unpaired) electrons. The van der Waals surface area contributed by atoms with Crippen molar-refractivity contribution in [3.63, 3.8) is 0 Å². The Kier molecular flexibility index (Phi) is 6.52. The maximum absolute atomic E-state index is 13.4. The lowest BCUT2D eigenvalue weighted by atomic mass is 9.98. The van der Waals surface area contributed by atoms with E-state index in [1.807, 2.05) is 6.07 Å². The number of anilines is 1. The number of cyclic esters (lactones) is 1. The van der Waals surface area contributed by atoms with Crippen LogP contribution in [0.4, 0.5) is 28.0 Å². The van der Waals surface area contributed by atoms with Crippen LogP contribution in [-0.4, -0.2) is 18.8 Å². The zero-order chi connectivity index (χ0) is 24.3. The number of carbonyl (C=O) groups excluding carboxylic acids is 1. The van der Waals surface area contributed by atoms with E-state index in [0.29, 0.717) is 16.8 Å². The fraction of sp³-hybridized carbons (Fsp3) is 0.200. The SMILES string of the molecule is N#Cc1ccc(N2C(=O)O[C@@H](COCc3ccc(F)cc3)[C@@H]2c2cccc(C(F)(F)F)c2)cc1. The molecule has 1 fully saturated rings. The topological polar surface area (TPSA) is 62.6 Å². The van der Waals surface area contributed by atoms with Crippen LogP contribution in [-0.2, 0) is 22.3 Å². The predicted octanol–water partition coefficient (Wildman–Crippen LogP) is 6.00. The lowest BCUT2D eigenvalue weighted by molar-refractivity contribution is -0.137. The van der Waals surface area contributed by atoms with Gasteiger partial charge in [0.25, 0.3) is 0 Å². The number of hydrogen-bond acceptors (Lipinski definition) is 4. The standard InChI is InChI=1S/C25H18F4N2O3/c26-20-8-4-17(5-9-20)14-33-15-22-23(18-2-1-3-19(12-18)25(27,28)29)31(24(32)34-22)21-10-6-16(13-30)7-11-21/h1-12,22-23H,14-15H2/t22-,23-/m0/s1. The van der Waals surface area contributed by atoms with Gasteiger partial charge in [-0.3, -0.25) is 4.90 Å². The third-order valence-corrected chi connectivity index (χ3v) is 5.37. The molecule has 1 saturated heterocycles. The van der Waals surface area contributed by atoms with Gasteiger partial charge < -0.3 is 9.47 Å². The van der Waals surface area contributed by atoms with Crippen LogP contribution in [0.5, 0.6) is 0 Å². The highest BCUT2D eigenvalue weighted by atomic mass is 19.4. The summed E-state index contributed by atoms with van der Waals surface area (Å²) in [7, 11) is 0. The van der Waals surface area contributed by atoms with Crippen molar-refractivity contribution < 1.29 is 31.8 Å². The number of amides is 1. The van der Waals surface area contributed by atoms with Gasteiger partial charge in [0, 0.05) is 5.69 Å². The van der Waals surface area contributed by atoms with E-state index < -0.39 is 35.8 Å². The number of nitrogens with zero attached hydrogens (tertiary/aromatic N) is 2. The normalized spacial score (nSPS) is 18.0. The summed E-state index contributed by atoms with van der Waals surface area (Å²) in [5, 5.41) is 9.03. The smallest absolute Gasteiger partial charge is 0.416 e. The Balaban J connectivity index is 1.63. The molecule has 3 aromatic carbocycles. The summed E-state index contributed by atoms with van der Waals surface area (Å²) in [6, 6.07) is 17.5. The average molecular weight is 470 g/mol. The lowest BCUT2D eigenvalue weighted by Gasteiger charge is -2.26. The van der Waals surface area contributed by atoms with E-state index in [-0.39, 0.29) is 18.8 Å². The van der Waals surface area contributed by atoms with Crippen LogP contribution in [0.25, 0.3) is 0 Å². The van der Waals surface area contributed by atoms with Gasteiger partial charge in [0.1, 0.15) is 11.9 Å². The van der Waals surface area contributed by atoms with Crippen molar-refractivity contribution in [2.75, 3.05) is 11.5 Å². The van der Waals surface area contributed by atoms with E-state index in [0.717, 1.165) is 12.1 Å². The molecule has 0 aromatic heterocycles. The number of rotatable bonds is 6. The molecule has 3 aromatic rings. The number of hydrogen-bond donors (Lipinski definition) is 0. The van der Waals surface area contributed by atoms with Gasteiger partial charge in [-0.25, -0.2) is 9.18 Å². The van der Waals surface area contributed by atoms with Crippen molar-refractivity contribution in [3.8, 4) is 6.07 Å². The van der Waals surface area contributed by atoms with Crippen LogP contribution < -0.4 is 4.90 Å². The van der Waals surface area contributed by atoms with E-state index in [1.54, 1.807) is 12.1 Å². The molecule has 34 heavy (non-hydrogen) atoms. The second kappa shape index (κ2) is 9.53. The molecular weight excluding hydrogens is 452 g/mol. The molecule has 2 atom stereocenters. The van der Waals surface area contributed by atoms with Crippen LogP contribution in [0.15, 0.2) is 72.8 Å². The largest absolute Gasteiger partial charge is 0.441 e. The monoisotopic (exact) mass is 470 g/mol. The number of alkyl halides is 3. The van der Waals surface area contributed by atoms with Crippen LogP contribution in [0.3, 0.4) is 0 Å². The molecule has 0 bridgehead atoms. The van der Waals surface area contributed by atoms with Gasteiger partial charge in [-0.2, -0.15) is 18.4 Å². The number of ether oxygens (including phenoxy) is 2. The first-order valence-corrected chi connectivity index (χ1v) is 10.3. The van der Waals surface area contributed by atoms with Crippen molar-refractivity contribution >= 4 is 11.8 Å². The highest BCUT2D eigenvalue weighted by Gasteiger charge is 2.44. The lowest BCUT2D eigenvalue weighted by Crippen LogP contribution is -2.31. The van der Waals surface area contributed by atoms with Gasteiger partial charge in [0.15, 0.2) is 6.10 Å². The van der Waals surface area contributed by atoms with Gasteiger partial charge >= 0.3 is 12.3 Å². The first kappa shape index (κ1) is 23.3. The molecule has 0 saturated carbocycles. The summed E-state index contributed by atoms with van der Waals surface area (Å²) in [4.78, 5) is 14.0. The maximum atomic E-state index is 13.4. The van der Waals surface area contributed by atoms with E-state index in [1.165, 1.54) is 53.4 Å². The van der Waals surface area contributed by atoms with Crippen LogP contribution in [0, 0.1) is 17.1 Å². The second-order valence-electron chi connectivity index (χ2n) is 7.66. The predicted molar refractivity (Wildman–Crippen MR) is 114 cm³/mol. The Labute approximate surface area is 192 Å². The summed E-state index contributed by atoms with van der Waals surface area (Å²) in [5.41, 5.74) is 0.791. The minimum Gasteiger partial charge on any atom is -0.441 e. The molecule has 1 heterocycles. The summed E-state index contributed by atoms with van der Waals surface area (Å²) in [5.74, 6) is -0.392. The molecule has 0 aliphatic carbocycles. The minimum atomic E-state index is -4.56. The summed E-state index contributed by atoms with van der Waals surface area (Å²) >= 11 is 0. The Hall–Kier alpha value is -3.90.